The van der Waals surface area contributed by atoms with Crippen molar-refractivity contribution in [3.63, 3.8) is 0 Å². The number of amides is 1. The summed E-state index contributed by atoms with van der Waals surface area (Å²) in [5, 5.41) is 3.69. The highest BCUT2D eigenvalue weighted by Crippen LogP contribution is 2.17. The van der Waals surface area contributed by atoms with E-state index in [9.17, 15) is 18.0 Å². The van der Waals surface area contributed by atoms with Gasteiger partial charge in [0, 0.05) is 6.07 Å². The van der Waals surface area contributed by atoms with Gasteiger partial charge in [-0.15, -0.1) is 0 Å². The highest BCUT2D eigenvalue weighted by atomic mass is 19.4. The summed E-state index contributed by atoms with van der Waals surface area (Å²) in [5.41, 5.74) is 2.79. The van der Waals surface area contributed by atoms with E-state index in [4.69, 9.17) is 0 Å². The molecule has 18 heavy (non-hydrogen) atoms. The number of carbonyl (C=O) groups excluding carboxylic acids is 1. The van der Waals surface area contributed by atoms with Gasteiger partial charge in [-0.2, -0.15) is 18.3 Å². The predicted octanol–water partition coefficient (Wildman–Crippen LogP) is 0.642. The molecule has 1 N–H and O–H groups in total. The summed E-state index contributed by atoms with van der Waals surface area (Å²) in [6.45, 7) is -1.44. The molecule has 0 aliphatic carbocycles. The molecule has 0 spiro atoms. The Labute approximate surface area is 98.9 Å². The number of alkyl halides is 3. The number of rotatable bonds is 3. The van der Waals surface area contributed by atoms with E-state index in [0.29, 0.717) is 5.71 Å². The smallest absolute Gasteiger partial charge is 0.422 e. The lowest BCUT2D eigenvalue weighted by Crippen LogP contribution is -2.20. The molecule has 6 nitrogen and oxygen atoms in total. The summed E-state index contributed by atoms with van der Waals surface area (Å²) < 4.78 is 40.3. The van der Waals surface area contributed by atoms with Gasteiger partial charge < -0.3 is 4.74 Å². The molecule has 1 aliphatic rings. The van der Waals surface area contributed by atoms with Gasteiger partial charge in [0.2, 0.25) is 11.8 Å². The number of hydrazone groups is 1. The van der Waals surface area contributed by atoms with E-state index in [0.717, 1.165) is 6.33 Å². The lowest BCUT2D eigenvalue weighted by atomic mass is 10.2. The molecule has 1 aromatic heterocycles. The van der Waals surface area contributed by atoms with Crippen molar-refractivity contribution in [2.24, 2.45) is 5.10 Å². The van der Waals surface area contributed by atoms with Crippen molar-refractivity contribution < 1.29 is 22.7 Å². The van der Waals surface area contributed by atoms with Crippen molar-refractivity contribution in [3.8, 4) is 5.88 Å². The third kappa shape index (κ3) is 3.15. The Kier molecular flexibility index (Phi) is 3.13. The highest BCUT2D eigenvalue weighted by Gasteiger charge is 2.29. The van der Waals surface area contributed by atoms with Gasteiger partial charge in [0.1, 0.15) is 6.33 Å². The van der Waals surface area contributed by atoms with E-state index in [2.05, 4.69) is 25.2 Å². The molecule has 96 valence electrons. The molecule has 0 fully saturated rings. The average molecular weight is 260 g/mol. The van der Waals surface area contributed by atoms with E-state index >= 15 is 0 Å². The second-order valence-corrected chi connectivity index (χ2v) is 3.42. The first kappa shape index (κ1) is 12.3. The van der Waals surface area contributed by atoms with E-state index in [1.807, 2.05) is 0 Å². The lowest BCUT2D eigenvalue weighted by Gasteiger charge is -2.08. The van der Waals surface area contributed by atoms with Gasteiger partial charge in [0.15, 0.2) is 6.61 Å². The Morgan fingerprint density at radius 2 is 2.17 bits per heavy atom. The Balaban J connectivity index is 2.08. The number of hydrogen-bond acceptors (Lipinski definition) is 5. The zero-order valence-corrected chi connectivity index (χ0v) is 8.86. The summed E-state index contributed by atoms with van der Waals surface area (Å²) in [6.07, 6.45) is -3.37. The molecule has 0 unspecified atom stereocenters. The first-order valence-corrected chi connectivity index (χ1v) is 4.81. The van der Waals surface area contributed by atoms with Crippen LogP contribution in [-0.2, 0) is 4.79 Å². The van der Waals surface area contributed by atoms with Crippen LogP contribution in [0.25, 0.3) is 0 Å². The molecule has 1 aromatic rings. The van der Waals surface area contributed by atoms with Crippen LogP contribution in [0.5, 0.6) is 5.88 Å². The van der Waals surface area contributed by atoms with Crippen LogP contribution in [0.15, 0.2) is 17.5 Å². The molecular formula is C9H7F3N4O2. The molecule has 1 amide bonds. The van der Waals surface area contributed by atoms with Crippen LogP contribution in [0, 0.1) is 0 Å². The number of halogens is 3. The molecule has 9 heteroatoms. The van der Waals surface area contributed by atoms with Gasteiger partial charge in [-0.25, -0.2) is 15.4 Å². The highest BCUT2D eigenvalue weighted by molar-refractivity contribution is 6.12. The molecule has 2 rings (SSSR count). The largest absolute Gasteiger partial charge is 0.468 e. The minimum Gasteiger partial charge on any atom is -0.468 e. The van der Waals surface area contributed by atoms with Gasteiger partial charge >= 0.3 is 6.18 Å². The molecule has 0 radical (unpaired) electrons. The summed E-state index contributed by atoms with van der Waals surface area (Å²) >= 11 is 0. The van der Waals surface area contributed by atoms with Crippen molar-refractivity contribution in [1.29, 1.82) is 0 Å². The van der Waals surface area contributed by atoms with Crippen LogP contribution in [0.3, 0.4) is 0 Å². The fourth-order valence-corrected chi connectivity index (χ4v) is 1.24. The van der Waals surface area contributed by atoms with Crippen LogP contribution in [-0.4, -0.2) is 34.4 Å². The van der Waals surface area contributed by atoms with E-state index in [1.165, 1.54) is 6.07 Å². The first-order valence-electron chi connectivity index (χ1n) is 4.81. The third-order valence-electron chi connectivity index (χ3n) is 1.96. The van der Waals surface area contributed by atoms with Crippen molar-refractivity contribution in [1.82, 2.24) is 15.4 Å². The summed E-state index contributed by atoms with van der Waals surface area (Å²) in [5.74, 6) is -0.527. The standard InChI is InChI=1S/C9H7F3N4O2/c10-9(11,12)3-18-8-2-5(13-4-14-8)6-1-7(17)16-15-6/h2,4H,1,3H2,(H,16,17). The first-order chi connectivity index (χ1) is 8.44. The molecule has 0 atom stereocenters. The van der Waals surface area contributed by atoms with Crippen molar-refractivity contribution in [2.45, 2.75) is 12.6 Å². The Hall–Kier alpha value is -2.19. The Morgan fingerprint density at radius 3 is 2.78 bits per heavy atom. The van der Waals surface area contributed by atoms with Crippen molar-refractivity contribution >= 4 is 11.6 Å². The molecule has 2 heterocycles. The number of aromatic nitrogens is 2. The van der Waals surface area contributed by atoms with Crippen LogP contribution in [0.2, 0.25) is 0 Å². The second-order valence-electron chi connectivity index (χ2n) is 3.42. The van der Waals surface area contributed by atoms with Crippen LogP contribution >= 0.6 is 0 Å². The number of ether oxygens (including phenoxy) is 1. The zero-order valence-electron chi connectivity index (χ0n) is 8.86. The maximum atomic E-state index is 11.9. The SMILES string of the molecule is O=C1CC(c2cc(OCC(F)(F)F)ncn2)=NN1. The predicted molar refractivity (Wildman–Crippen MR) is 52.9 cm³/mol. The molecule has 0 aromatic carbocycles. The molecule has 0 saturated heterocycles. The fourth-order valence-electron chi connectivity index (χ4n) is 1.24. The summed E-state index contributed by atoms with van der Waals surface area (Å²) in [7, 11) is 0. The third-order valence-corrected chi connectivity index (χ3v) is 1.96. The van der Waals surface area contributed by atoms with Gasteiger partial charge in [-0.1, -0.05) is 0 Å². The monoisotopic (exact) mass is 260 g/mol. The zero-order chi connectivity index (χ0) is 13.2. The minimum absolute atomic E-state index is 0.0235. The number of carbonyl (C=O) groups is 1. The van der Waals surface area contributed by atoms with Crippen molar-refractivity contribution in [2.75, 3.05) is 6.61 Å². The maximum Gasteiger partial charge on any atom is 0.422 e. The minimum atomic E-state index is -4.44. The topological polar surface area (TPSA) is 76.5 Å². The molecular weight excluding hydrogens is 253 g/mol. The molecule has 0 bridgehead atoms. The van der Waals surface area contributed by atoms with Crippen LogP contribution < -0.4 is 10.2 Å². The normalized spacial score (nSPS) is 15.3. The molecule has 1 aliphatic heterocycles. The average Bonchev–Trinajstić information content (AvgIpc) is 2.73. The van der Waals surface area contributed by atoms with Crippen molar-refractivity contribution in [3.05, 3.63) is 18.1 Å². The fraction of sp³-hybridized carbons (Fsp3) is 0.333. The number of nitrogens with one attached hydrogen (secondary N) is 1. The Bertz CT molecular complexity index is 501. The van der Waals surface area contributed by atoms with Gasteiger partial charge in [-0.3, -0.25) is 4.79 Å². The molecule has 0 saturated carbocycles. The summed E-state index contributed by atoms with van der Waals surface area (Å²) in [6, 6.07) is 1.20. The van der Waals surface area contributed by atoms with Gasteiger partial charge in [0.25, 0.3) is 0 Å². The quantitative estimate of drug-likeness (QED) is 0.865. The number of nitrogens with zero attached hydrogens (tertiary/aromatic N) is 3. The second kappa shape index (κ2) is 4.59. The van der Waals surface area contributed by atoms with E-state index in [1.54, 1.807) is 0 Å². The van der Waals surface area contributed by atoms with E-state index in [-0.39, 0.29) is 23.9 Å². The number of hydrogen-bond donors (Lipinski definition) is 1. The van der Waals surface area contributed by atoms with E-state index < -0.39 is 12.8 Å². The van der Waals surface area contributed by atoms with Crippen LogP contribution in [0.1, 0.15) is 12.1 Å². The van der Waals surface area contributed by atoms with Gasteiger partial charge in [0.05, 0.1) is 17.8 Å². The Morgan fingerprint density at radius 1 is 1.39 bits per heavy atom. The summed E-state index contributed by atoms with van der Waals surface area (Å²) in [4.78, 5) is 18.3. The van der Waals surface area contributed by atoms with Crippen LogP contribution in [0.4, 0.5) is 13.2 Å². The van der Waals surface area contributed by atoms with Gasteiger partial charge in [-0.05, 0) is 0 Å². The maximum absolute atomic E-state index is 11.9. The lowest BCUT2D eigenvalue weighted by molar-refractivity contribution is -0.154.